The van der Waals surface area contributed by atoms with Crippen molar-refractivity contribution in [1.82, 2.24) is 0 Å². The molecule has 2 aliphatic heterocycles. The minimum absolute atomic E-state index is 0.0451. The van der Waals surface area contributed by atoms with Crippen LogP contribution in [0.4, 0.5) is 0 Å². The number of hydrogen-bond acceptors (Lipinski definition) is 2. The van der Waals surface area contributed by atoms with Crippen molar-refractivity contribution in [2.75, 3.05) is 0 Å². The molecule has 9 aromatic rings. The van der Waals surface area contributed by atoms with Crippen molar-refractivity contribution in [2.45, 2.75) is 0 Å². The smallest absolute Gasteiger partial charge is 0.260 e. The van der Waals surface area contributed by atoms with E-state index in [9.17, 15) is 0 Å². The second kappa shape index (κ2) is 11.9. The molecule has 246 valence electrons. The molecule has 0 fully saturated rings. The highest BCUT2D eigenvalue weighted by Crippen LogP contribution is 2.48. The predicted octanol–water partition coefficient (Wildman–Crippen LogP) is 11.4. The van der Waals surface area contributed by atoms with Crippen LogP contribution in [0.5, 0.6) is 23.0 Å². The summed E-state index contributed by atoms with van der Waals surface area (Å²) >= 11 is 0. The Kier molecular flexibility index (Phi) is 6.68. The molecule has 0 saturated carbocycles. The summed E-state index contributed by atoms with van der Waals surface area (Å²) in [5, 5.41) is 4.93. The van der Waals surface area contributed by atoms with Gasteiger partial charge in [0.2, 0.25) is 0 Å². The Labute approximate surface area is 308 Å². The van der Waals surface area contributed by atoms with Crippen LogP contribution in [0.15, 0.2) is 188 Å². The first-order valence-electron chi connectivity index (χ1n) is 18.2. The Balaban J connectivity index is 1.15. The molecule has 0 amide bonds. The average molecular weight is 675 g/mol. The Morgan fingerprint density at radius 2 is 0.868 bits per heavy atom. The van der Waals surface area contributed by atoms with Crippen LogP contribution >= 0.6 is 0 Å². The Bertz CT molecular complexity index is 2840. The molecule has 0 N–H and O–H groups in total. The van der Waals surface area contributed by atoms with E-state index in [1.54, 1.807) is 0 Å². The maximum Gasteiger partial charge on any atom is 0.260 e. The van der Waals surface area contributed by atoms with Gasteiger partial charge in [0, 0.05) is 11.0 Å². The van der Waals surface area contributed by atoms with Gasteiger partial charge in [0.05, 0.1) is 0 Å². The summed E-state index contributed by atoms with van der Waals surface area (Å²) in [6, 6.07) is 67.3. The third-order valence-electron chi connectivity index (χ3n) is 11.0. The number of ether oxygens (including phenoxy) is 2. The van der Waals surface area contributed by atoms with E-state index in [1.165, 1.54) is 54.9 Å². The number of benzene rings is 9. The molecular weight excluding hydrogens is 643 g/mol. The van der Waals surface area contributed by atoms with Crippen LogP contribution in [0.1, 0.15) is 0 Å². The van der Waals surface area contributed by atoms with E-state index in [-0.39, 0.29) is 6.71 Å². The highest BCUT2D eigenvalue weighted by atomic mass is 16.5. The van der Waals surface area contributed by atoms with Gasteiger partial charge in [-0.25, -0.2) is 0 Å². The van der Waals surface area contributed by atoms with E-state index in [4.69, 9.17) is 9.47 Å². The fourth-order valence-corrected chi connectivity index (χ4v) is 8.75. The van der Waals surface area contributed by atoms with Gasteiger partial charge in [-0.3, -0.25) is 0 Å². The van der Waals surface area contributed by atoms with Crippen LogP contribution in [0.25, 0.3) is 66.1 Å². The first-order chi connectivity index (χ1) is 26.3. The third-order valence-corrected chi connectivity index (χ3v) is 11.0. The van der Waals surface area contributed by atoms with Crippen LogP contribution in [0.3, 0.4) is 0 Å². The van der Waals surface area contributed by atoms with Crippen LogP contribution in [-0.2, 0) is 0 Å². The van der Waals surface area contributed by atoms with Crippen molar-refractivity contribution in [3.8, 4) is 67.5 Å². The van der Waals surface area contributed by atoms with Crippen LogP contribution < -0.4 is 25.9 Å². The summed E-state index contributed by atoms with van der Waals surface area (Å²) in [4.78, 5) is 0. The molecule has 0 radical (unpaired) electrons. The normalized spacial score (nSPS) is 12.4. The highest BCUT2D eigenvalue weighted by Gasteiger charge is 2.41. The van der Waals surface area contributed by atoms with Gasteiger partial charge in [-0.05, 0) is 89.6 Å². The van der Waals surface area contributed by atoms with Gasteiger partial charge >= 0.3 is 0 Å². The zero-order valence-corrected chi connectivity index (χ0v) is 28.8. The molecular formula is C50H31BO2. The lowest BCUT2D eigenvalue weighted by Crippen LogP contribution is -2.57. The number of fused-ring (bicyclic) bond motifs is 6. The fraction of sp³-hybridized carbons (Fsp3) is 0. The molecule has 0 saturated heterocycles. The quantitative estimate of drug-likeness (QED) is 0.137. The Morgan fingerprint density at radius 1 is 0.321 bits per heavy atom. The third kappa shape index (κ3) is 4.61. The zero-order valence-electron chi connectivity index (χ0n) is 28.8. The molecule has 11 rings (SSSR count). The zero-order chi connectivity index (χ0) is 34.9. The molecule has 2 nitrogen and oxygen atoms in total. The van der Waals surface area contributed by atoms with Gasteiger partial charge in [-0.2, -0.15) is 0 Å². The van der Waals surface area contributed by atoms with Crippen molar-refractivity contribution < 1.29 is 9.47 Å². The van der Waals surface area contributed by atoms with Crippen molar-refractivity contribution in [3.63, 3.8) is 0 Å². The molecule has 2 heterocycles. The number of hydrogen-bond donors (Lipinski definition) is 0. The van der Waals surface area contributed by atoms with Crippen molar-refractivity contribution in [1.29, 1.82) is 0 Å². The lowest BCUT2D eigenvalue weighted by atomic mass is 9.34. The lowest BCUT2D eigenvalue weighted by molar-refractivity contribution is 0.465. The van der Waals surface area contributed by atoms with Crippen molar-refractivity contribution in [2.24, 2.45) is 0 Å². The van der Waals surface area contributed by atoms with Gasteiger partial charge in [0.15, 0.2) is 0 Å². The second-order valence-electron chi connectivity index (χ2n) is 13.9. The summed E-state index contributed by atoms with van der Waals surface area (Å²) in [7, 11) is 0. The minimum atomic E-state index is -0.0451. The first kappa shape index (κ1) is 29.9. The van der Waals surface area contributed by atoms with Crippen molar-refractivity contribution >= 4 is 44.6 Å². The number of rotatable bonds is 4. The predicted molar refractivity (Wildman–Crippen MR) is 221 cm³/mol. The summed E-state index contributed by atoms with van der Waals surface area (Å²) < 4.78 is 13.6. The molecule has 3 heteroatoms. The van der Waals surface area contributed by atoms with Gasteiger partial charge in [-0.1, -0.05) is 170 Å². The molecule has 0 aromatic heterocycles. The summed E-state index contributed by atoms with van der Waals surface area (Å²) in [6.07, 6.45) is 0. The SMILES string of the molecule is c1ccc(-c2ccc3c(c2)B2c4cccc(-c5ccccc5-c5c6ccccc6c(-c6ccccc6)c6ccccc56)c4Oc4cccc(c42)O3)cc1. The maximum atomic E-state index is 7.00. The van der Waals surface area contributed by atoms with Crippen LogP contribution in [-0.4, -0.2) is 6.71 Å². The van der Waals surface area contributed by atoms with Crippen LogP contribution in [0, 0.1) is 0 Å². The monoisotopic (exact) mass is 674 g/mol. The van der Waals surface area contributed by atoms with Crippen molar-refractivity contribution in [3.05, 3.63) is 188 Å². The van der Waals surface area contributed by atoms with E-state index in [0.717, 1.165) is 50.5 Å². The van der Waals surface area contributed by atoms with Crippen LogP contribution in [0.2, 0.25) is 0 Å². The topological polar surface area (TPSA) is 18.5 Å². The highest BCUT2D eigenvalue weighted by molar-refractivity contribution is 6.98. The molecule has 0 spiro atoms. The minimum Gasteiger partial charge on any atom is -0.458 e. The van der Waals surface area contributed by atoms with E-state index in [1.807, 2.05) is 6.07 Å². The average Bonchev–Trinajstić information content (AvgIpc) is 3.23. The molecule has 9 aromatic carbocycles. The molecule has 0 aliphatic carbocycles. The molecule has 53 heavy (non-hydrogen) atoms. The fourth-order valence-electron chi connectivity index (χ4n) is 8.75. The van der Waals surface area contributed by atoms with E-state index >= 15 is 0 Å². The van der Waals surface area contributed by atoms with Gasteiger partial charge in [0.25, 0.3) is 6.71 Å². The summed E-state index contributed by atoms with van der Waals surface area (Å²) in [5.41, 5.74) is 12.8. The molecule has 0 bridgehead atoms. The lowest BCUT2D eigenvalue weighted by Gasteiger charge is -2.34. The van der Waals surface area contributed by atoms with Gasteiger partial charge in [-0.15, -0.1) is 0 Å². The Hall–Kier alpha value is -6.84. The van der Waals surface area contributed by atoms with E-state index in [0.29, 0.717) is 0 Å². The maximum absolute atomic E-state index is 7.00. The molecule has 2 aliphatic rings. The Morgan fingerprint density at radius 3 is 1.57 bits per heavy atom. The first-order valence-corrected chi connectivity index (χ1v) is 18.2. The van der Waals surface area contributed by atoms with Gasteiger partial charge < -0.3 is 9.47 Å². The standard InChI is InChI=1S/C50H31BO2/c1-3-15-32(16-4-1)34-29-30-44-43(31-34)51-42-26-13-25-41(50(42)53-46-28-14-27-45(52-44)49(46)51)35-19-7-8-20-36(35)48-39-23-11-9-21-37(39)47(33-17-5-2-6-18-33)38-22-10-12-24-40(38)48/h1-31H. The number of para-hydroxylation sites is 1. The largest absolute Gasteiger partial charge is 0.458 e. The molecule has 0 unspecified atom stereocenters. The summed E-state index contributed by atoms with van der Waals surface area (Å²) in [5.74, 6) is 3.46. The second-order valence-corrected chi connectivity index (χ2v) is 13.9. The van der Waals surface area contributed by atoms with E-state index in [2.05, 4.69) is 182 Å². The van der Waals surface area contributed by atoms with Gasteiger partial charge in [0.1, 0.15) is 23.0 Å². The van der Waals surface area contributed by atoms with E-state index < -0.39 is 0 Å². The molecule has 0 atom stereocenters. The summed E-state index contributed by atoms with van der Waals surface area (Å²) in [6.45, 7) is -0.0451.